The van der Waals surface area contributed by atoms with Crippen molar-refractivity contribution in [2.75, 3.05) is 18.0 Å². The fourth-order valence-electron chi connectivity index (χ4n) is 3.28. The molecule has 0 spiro atoms. The first-order valence-electron chi connectivity index (χ1n) is 7.63. The molecule has 0 saturated carbocycles. The first kappa shape index (κ1) is 16.1. The van der Waals surface area contributed by atoms with Crippen LogP contribution in [0.4, 0.5) is 5.69 Å². The molecule has 0 aromatic heterocycles. The number of rotatable bonds is 3. The number of hydrogen-bond acceptors (Lipinski definition) is 4. The van der Waals surface area contributed by atoms with E-state index in [1.54, 1.807) is 18.2 Å². The zero-order valence-electron chi connectivity index (χ0n) is 12.6. The fourth-order valence-corrected chi connectivity index (χ4v) is 3.67. The second kappa shape index (κ2) is 6.41. The Morgan fingerprint density at radius 2 is 1.91 bits per heavy atom. The van der Waals surface area contributed by atoms with Crippen LogP contribution in [-0.2, 0) is 14.4 Å². The van der Waals surface area contributed by atoms with E-state index in [-0.39, 0.29) is 30.1 Å². The van der Waals surface area contributed by atoms with Gasteiger partial charge in [-0.1, -0.05) is 22.0 Å². The number of imide groups is 1. The highest BCUT2D eigenvalue weighted by atomic mass is 79.9. The average Bonchev–Trinajstić information content (AvgIpc) is 2.82. The van der Waals surface area contributed by atoms with Crippen LogP contribution in [0.2, 0.25) is 0 Å². The molecule has 2 aliphatic heterocycles. The van der Waals surface area contributed by atoms with E-state index in [1.165, 1.54) is 4.90 Å². The van der Waals surface area contributed by atoms with E-state index in [9.17, 15) is 14.4 Å². The fraction of sp³-hybridized carbons (Fsp3) is 0.438. The molecule has 2 aliphatic rings. The molecular formula is C16H18BrN3O3. The minimum atomic E-state index is -0.435. The van der Waals surface area contributed by atoms with Crippen LogP contribution in [0.5, 0.6) is 0 Å². The Kier molecular flexibility index (Phi) is 4.50. The SMILES string of the molecule is NC(=O)C1CCN([C@@H]2CC(=O)N(c3cccc(Br)c3)C2=O)CC1. The van der Waals surface area contributed by atoms with Crippen molar-refractivity contribution in [1.82, 2.24) is 4.90 Å². The summed E-state index contributed by atoms with van der Waals surface area (Å²) in [5.74, 6) is -0.783. The van der Waals surface area contributed by atoms with E-state index in [2.05, 4.69) is 15.9 Å². The third-order valence-electron chi connectivity index (χ3n) is 4.56. The molecule has 23 heavy (non-hydrogen) atoms. The van der Waals surface area contributed by atoms with Crippen molar-refractivity contribution >= 4 is 39.3 Å². The van der Waals surface area contributed by atoms with Gasteiger partial charge in [-0.3, -0.25) is 19.3 Å². The lowest BCUT2D eigenvalue weighted by Crippen LogP contribution is -2.47. The van der Waals surface area contributed by atoms with Gasteiger partial charge in [0.05, 0.1) is 18.2 Å². The van der Waals surface area contributed by atoms with E-state index in [0.29, 0.717) is 31.6 Å². The maximum atomic E-state index is 12.7. The molecule has 0 aliphatic carbocycles. The van der Waals surface area contributed by atoms with Gasteiger partial charge in [0.25, 0.3) is 5.91 Å². The zero-order valence-corrected chi connectivity index (χ0v) is 14.2. The molecule has 2 N–H and O–H groups in total. The lowest BCUT2D eigenvalue weighted by atomic mass is 9.95. The van der Waals surface area contributed by atoms with Crippen molar-refractivity contribution in [3.63, 3.8) is 0 Å². The predicted octanol–water partition coefficient (Wildman–Crippen LogP) is 1.28. The van der Waals surface area contributed by atoms with Crippen LogP contribution in [-0.4, -0.2) is 41.8 Å². The Morgan fingerprint density at radius 1 is 1.22 bits per heavy atom. The van der Waals surface area contributed by atoms with E-state index in [4.69, 9.17) is 5.73 Å². The number of hydrogen-bond donors (Lipinski definition) is 1. The molecule has 122 valence electrons. The average molecular weight is 380 g/mol. The van der Waals surface area contributed by atoms with Crippen molar-refractivity contribution in [2.45, 2.75) is 25.3 Å². The van der Waals surface area contributed by atoms with Gasteiger partial charge in [0.1, 0.15) is 0 Å². The molecule has 1 aromatic rings. The van der Waals surface area contributed by atoms with Gasteiger partial charge in [0.2, 0.25) is 11.8 Å². The molecule has 2 heterocycles. The summed E-state index contributed by atoms with van der Waals surface area (Å²) in [4.78, 5) is 39.5. The number of anilines is 1. The smallest absolute Gasteiger partial charge is 0.251 e. The molecule has 0 unspecified atom stereocenters. The molecule has 3 amide bonds. The first-order chi connectivity index (χ1) is 11.0. The van der Waals surface area contributed by atoms with Crippen molar-refractivity contribution in [3.8, 4) is 0 Å². The summed E-state index contributed by atoms with van der Waals surface area (Å²) in [6.07, 6.45) is 1.47. The number of carbonyl (C=O) groups is 3. The molecule has 3 rings (SSSR count). The van der Waals surface area contributed by atoms with Crippen molar-refractivity contribution in [1.29, 1.82) is 0 Å². The van der Waals surface area contributed by atoms with Crippen LogP contribution in [0.1, 0.15) is 19.3 Å². The number of benzene rings is 1. The summed E-state index contributed by atoms with van der Waals surface area (Å²) in [7, 11) is 0. The van der Waals surface area contributed by atoms with Gasteiger partial charge >= 0.3 is 0 Å². The monoisotopic (exact) mass is 379 g/mol. The lowest BCUT2D eigenvalue weighted by Gasteiger charge is -2.33. The Balaban J connectivity index is 1.73. The van der Waals surface area contributed by atoms with E-state index in [0.717, 1.165) is 4.47 Å². The predicted molar refractivity (Wildman–Crippen MR) is 88.5 cm³/mol. The number of halogens is 1. The van der Waals surface area contributed by atoms with Crippen molar-refractivity contribution in [3.05, 3.63) is 28.7 Å². The highest BCUT2D eigenvalue weighted by Crippen LogP contribution is 2.29. The van der Waals surface area contributed by atoms with Crippen molar-refractivity contribution in [2.24, 2.45) is 11.7 Å². The van der Waals surface area contributed by atoms with Crippen LogP contribution < -0.4 is 10.6 Å². The second-order valence-corrected chi connectivity index (χ2v) is 6.90. The number of carbonyl (C=O) groups excluding carboxylic acids is 3. The standard InChI is InChI=1S/C16H18BrN3O3/c17-11-2-1-3-12(8-11)20-14(21)9-13(16(20)23)19-6-4-10(5-7-19)15(18)22/h1-3,8,10,13H,4-7,9H2,(H2,18,22)/t13-/m1/s1. The van der Waals surface area contributed by atoms with Gasteiger partial charge in [-0.25, -0.2) is 4.90 Å². The van der Waals surface area contributed by atoms with Crippen molar-refractivity contribution < 1.29 is 14.4 Å². The highest BCUT2D eigenvalue weighted by Gasteiger charge is 2.43. The van der Waals surface area contributed by atoms with Gasteiger partial charge in [0, 0.05) is 10.4 Å². The Labute approximate surface area is 142 Å². The number of piperidine rings is 1. The summed E-state index contributed by atoms with van der Waals surface area (Å²) in [6.45, 7) is 1.23. The molecule has 6 nitrogen and oxygen atoms in total. The minimum Gasteiger partial charge on any atom is -0.369 e. The van der Waals surface area contributed by atoms with Crippen LogP contribution in [0.15, 0.2) is 28.7 Å². The number of primary amides is 1. The van der Waals surface area contributed by atoms with Gasteiger partial charge in [-0.05, 0) is 44.1 Å². The molecule has 1 aromatic carbocycles. The normalized spacial score (nSPS) is 23.5. The van der Waals surface area contributed by atoms with E-state index >= 15 is 0 Å². The van der Waals surface area contributed by atoms with Gasteiger partial charge in [0.15, 0.2) is 0 Å². The number of nitrogens with zero attached hydrogens (tertiary/aromatic N) is 2. The highest BCUT2D eigenvalue weighted by molar-refractivity contribution is 9.10. The van der Waals surface area contributed by atoms with E-state index < -0.39 is 6.04 Å². The summed E-state index contributed by atoms with van der Waals surface area (Å²) in [6, 6.07) is 6.72. The third kappa shape index (κ3) is 3.16. The topological polar surface area (TPSA) is 83.7 Å². The zero-order chi connectivity index (χ0) is 16.6. The van der Waals surface area contributed by atoms with E-state index in [1.807, 2.05) is 11.0 Å². The molecule has 2 fully saturated rings. The van der Waals surface area contributed by atoms with Gasteiger partial charge in [-0.15, -0.1) is 0 Å². The van der Waals surface area contributed by atoms with Crippen LogP contribution >= 0.6 is 15.9 Å². The Hall–Kier alpha value is -1.73. The maximum Gasteiger partial charge on any atom is 0.251 e. The summed E-state index contributed by atoms with van der Waals surface area (Å²) >= 11 is 3.36. The quantitative estimate of drug-likeness (QED) is 0.801. The molecule has 0 radical (unpaired) electrons. The van der Waals surface area contributed by atoms with Crippen LogP contribution in [0.3, 0.4) is 0 Å². The number of likely N-dealkylation sites (tertiary alicyclic amines) is 1. The molecule has 0 bridgehead atoms. The van der Waals surface area contributed by atoms with Gasteiger partial charge < -0.3 is 5.73 Å². The number of nitrogens with two attached hydrogens (primary N) is 1. The molecule has 2 saturated heterocycles. The Bertz CT molecular complexity index is 656. The van der Waals surface area contributed by atoms with Crippen LogP contribution in [0.25, 0.3) is 0 Å². The largest absolute Gasteiger partial charge is 0.369 e. The third-order valence-corrected chi connectivity index (χ3v) is 5.06. The number of amides is 3. The first-order valence-corrected chi connectivity index (χ1v) is 8.42. The molecule has 7 heteroatoms. The summed E-state index contributed by atoms with van der Waals surface area (Å²) < 4.78 is 0.821. The maximum absolute atomic E-state index is 12.7. The Morgan fingerprint density at radius 3 is 2.52 bits per heavy atom. The molecular weight excluding hydrogens is 362 g/mol. The molecule has 1 atom stereocenters. The summed E-state index contributed by atoms with van der Waals surface area (Å²) in [5, 5.41) is 0. The minimum absolute atomic E-state index is 0.125. The lowest BCUT2D eigenvalue weighted by molar-refractivity contribution is -0.124. The van der Waals surface area contributed by atoms with Crippen LogP contribution in [0, 0.1) is 5.92 Å². The second-order valence-electron chi connectivity index (χ2n) is 5.98. The van der Waals surface area contributed by atoms with Gasteiger partial charge in [-0.2, -0.15) is 0 Å². The summed E-state index contributed by atoms with van der Waals surface area (Å²) in [5.41, 5.74) is 5.92.